The SMILES string of the molecule is C/C=C(C)/N=C/c1cc2c(c(=O)[nH]1)COC(=O)[C@]2(O)CC. The van der Waals surface area contributed by atoms with Crippen molar-refractivity contribution in [2.45, 2.75) is 39.4 Å². The van der Waals surface area contributed by atoms with Crippen molar-refractivity contribution in [3.63, 3.8) is 0 Å². The van der Waals surface area contributed by atoms with Crippen LogP contribution < -0.4 is 5.56 Å². The molecule has 1 aromatic heterocycles. The molecule has 0 fully saturated rings. The predicted octanol–water partition coefficient (Wildman–Crippen LogP) is 1.37. The Morgan fingerprint density at radius 1 is 1.57 bits per heavy atom. The molecule has 0 bridgehead atoms. The van der Waals surface area contributed by atoms with Crippen molar-refractivity contribution in [2.24, 2.45) is 4.99 Å². The molecule has 2 rings (SSSR count). The third kappa shape index (κ3) is 2.67. The van der Waals surface area contributed by atoms with Crippen LogP contribution in [0.5, 0.6) is 0 Å². The molecular weight excluding hydrogens is 272 g/mol. The van der Waals surface area contributed by atoms with Crippen molar-refractivity contribution in [3.05, 3.63) is 45.0 Å². The van der Waals surface area contributed by atoms with Crippen LogP contribution in [0.1, 0.15) is 44.0 Å². The van der Waals surface area contributed by atoms with Crippen molar-refractivity contribution < 1.29 is 14.6 Å². The highest BCUT2D eigenvalue weighted by molar-refractivity contribution is 5.85. The molecule has 0 aromatic carbocycles. The smallest absolute Gasteiger partial charge is 0.343 e. The first-order valence-electron chi connectivity index (χ1n) is 6.75. The van der Waals surface area contributed by atoms with Gasteiger partial charge in [0, 0.05) is 11.3 Å². The number of nitrogens with one attached hydrogen (secondary N) is 1. The molecule has 0 spiro atoms. The van der Waals surface area contributed by atoms with Crippen LogP contribution >= 0.6 is 0 Å². The van der Waals surface area contributed by atoms with E-state index in [0.717, 1.165) is 5.70 Å². The van der Waals surface area contributed by atoms with Gasteiger partial charge in [0.05, 0.1) is 17.5 Å². The Labute approximate surface area is 122 Å². The molecule has 0 amide bonds. The molecular formula is C15H18N2O4. The van der Waals surface area contributed by atoms with Gasteiger partial charge in [0.1, 0.15) is 6.61 Å². The van der Waals surface area contributed by atoms with Crippen molar-refractivity contribution in [1.82, 2.24) is 4.98 Å². The number of fused-ring (bicyclic) bond motifs is 1. The van der Waals surface area contributed by atoms with Crippen molar-refractivity contribution in [1.29, 1.82) is 0 Å². The monoisotopic (exact) mass is 290 g/mol. The summed E-state index contributed by atoms with van der Waals surface area (Å²) in [6.45, 7) is 5.22. The summed E-state index contributed by atoms with van der Waals surface area (Å²) in [5, 5.41) is 10.5. The zero-order valence-corrected chi connectivity index (χ0v) is 12.3. The van der Waals surface area contributed by atoms with Gasteiger partial charge in [-0.15, -0.1) is 0 Å². The third-order valence-corrected chi connectivity index (χ3v) is 3.62. The van der Waals surface area contributed by atoms with Crippen molar-refractivity contribution in [2.75, 3.05) is 0 Å². The van der Waals surface area contributed by atoms with Gasteiger partial charge in [0.25, 0.3) is 5.56 Å². The van der Waals surface area contributed by atoms with Gasteiger partial charge in [0.15, 0.2) is 5.60 Å². The summed E-state index contributed by atoms with van der Waals surface area (Å²) in [5.41, 5.74) is -0.366. The molecule has 2 N–H and O–H groups in total. The van der Waals surface area contributed by atoms with Crippen LogP contribution in [0.25, 0.3) is 0 Å². The van der Waals surface area contributed by atoms with E-state index >= 15 is 0 Å². The lowest BCUT2D eigenvalue weighted by Crippen LogP contribution is -2.43. The van der Waals surface area contributed by atoms with E-state index in [1.807, 2.05) is 19.9 Å². The Kier molecular flexibility index (Phi) is 4.09. The molecule has 6 nitrogen and oxygen atoms in total. The quantitative estimate of drug-likeness (QED) is 0.649. The van der Waals surface area contributed by atoms with Crippen LogP contribution in [0, 0.1) is 0 Å². The molecule has 1 aliphatic heterocycles. The summed E-state index contributed by atoms with van der Waals surface area (Å²) in [6.07, 6.45) is 3.45. The summed E-state index contributed by atoms with van der Waals surface area (Å²) in [5.74, 6) is -0.726. The average Bonchev–Trinajstić information content (AvgIpc) is 2.48. The van der Waals surface area contributed by atoms with Gasteiger partial charge < -0.3 is 14.8 Å². The number of pyridine rings is 1. The first-order valence-corrected chi connectivity index (χ1v) is 6.75. The summed E-state index contributed by atoms with van der Waals surface area (Å²) >= 11 is 0. The molecule has 0 radical (unpaired) electrons. The number of carbonyl (C=O) groups is 1. The molecule has 1 aromatic rings. The minimum atomic E-state index is -1.78. The number of hydrogen-bond acceptors (Lipinski definition) is 5. The second kappa shape index (κ2) is 5.65. The van der Waals surface area contributed by atoms with E-state index in [0.29, 0.717) is 11.3 Å². The Morgan fingerprint density at radius 3 is 2.90 bits per heavy atom. The number of ether oxygens (including phenoxy) is 1. The maximum Gasteiger partial charge on any atom is 0.343 e. The number of cyclic esters (lactones) is 1. The van der Waals surface area contributed by atoms with Gasteiger partial charge in [-0.05, 0) is 26.3 Å². The molecule has 1 atom stereocenters. The maximum absolute atomic E-state index is 12.1. The molecule has 6 heteroatoms. The Balaban J connectivity index is 2.57. The predicted molar refractivity (Wildman–Crippen MR) is 78.1 cm³/mol. The molecule has 0 saturated carbocycles. The normalized spacial score (nSPS) is 22.3. The highest BCUT2D eigenvalue weighted by atomic mass is 16.6. The van der Waals surface area contributed by atoms with E-state index < -0.39 is 11.6 Å². The number of aromatic nitrogens is 1. The number of H-pyrrole nitrogens is 1. The van der Waals surface area contributed by atoms with E-state index in [1.54, 1.807) is 13.0 Å². The highest BCUT2D eigenvalue weighted by Gasteiger charge is 2.44. The second-order valence-electron chi connectivity index (χ2n) is 4.92. The molecule has 21 heavy (non-hydrogen) atoms. The Hall–Kier alpha value is -2.21. The fraction of sp³-hybridized carbons (Fsp3) is 0.400. The van der Waals surface area contributed by atoms with Crippen LogP contribution in [0.3, 0.4) is 0 Å². The summed E-state index contributed by atoms with van der Waals surface area (Å²) in [7, 11) is 0. The number of nitrogens with zero attached hydrogens (tertiary/aromatic N) is 1. The number of hydrogen-bond donors (Lipinski definition) is 2. The lowest BCUT2D eigenvalue weighted by molar-refractivity contribution is -0.172. The summed E-state index contributed by atoms with van der Waals surface area (Å²) in [4.78, 5) is 30.7. The van der Waals surface area contributed by atoms with Gasteiger partial charge in [-0.3, -0.25) is 9.79 Å². The fourth-order valence-electron chi connectivity index (χ4n) is 2.14. The molecule has 2 heterocycles. The van der Waals surface area contributed by atoms with Gasteiger partial charge >= 0.3 is 5.97 Å². The molecule has 0 unspecified atom stereocenters. The van der Waals surface area contributed by atoms with E-state index in [1.165, 1.54) is 6.21 Å². The summed E-state index contributed by atoms with van der Waals surface area (Å²) in [6, 6.07) is 1.58. The van der Waals surface area contributed by atoms with Crippen molar-refractivity contribution >= 4 is 12.2 Å². The van der Waals surface area contributed by atoms with Crippen LogP contribution in [-0.4, -0.2) is 22.3 Å². The van der Waals surface area contributed by atoms with Crippen LogP contribution in [0.2, 0.25) is 0 Å². The first-order chi connectivity index (χ1) is 9.92. The lowest BCUT2D eigenvalue weighted by Gasteiger charge is -2.31. The number of aliphatic imine (C=N–C) groups is 1. The highest BCUT2D eigenvalue weighted by Crippen LogP contribution is 2.32. The number of aromatic amines is 1. The molecule has 0 saturated heterocycles. The average molecular weight is 290 g/mol. The van der Waals surface area contributed by atoms with Crippen LogP contribution in [-0.2, 0) is 21.7 Å². The Morgan fingerprint density at radius 2 is 2.29 bits per heavy atom. The van der Waals surface area contributed by atoms with E-state index in [2.05, 4.69) is 9.98 Å². The second-order valence-corrected chi connectivity index (χ2v) is 4.92. The lowest BCUT2D eigenvalue weighted by atomic mass is 9.86. The molecule has 0 aliphatic carbocycles. The number of allylic oxidation sites excluding steroid dienone is 2. The summed E-state index contributed by atoms with van der Waals surface area (Å²) < 4.78 is 4.90. The van der Waals surface area contributed by atoms with Gasteiger partial charge in [-0.2, -0.15) is 0 Å². The van der Waals surface area contributed by atoms with Crippen molar-refractivity contribution in [3.8, 4) is 0 Å². The van der Waals surface area contributed by atoms with Gasteiger partial charge in [-0.25, -0.2) is 4.79 Å². The topological polar surface area (TPSA) is 91.8 Å². The van der Waals surface area contributed by atoms with E-state index in [9.17, 15) is 14.7 Å². The standard InChI is InChI=1S/C15H18N2O4/c1-4-9(3)16-7-10-6-12-11(13(18)17-10)8-21-14(19)15(12,20)5-2/h4,6-7,20H,5,8H2,1-3H3,(H,17,18)/b9-4+,16-7+/t15-/m0/s1. The Bertz CT molecular complexity index is 687. The first kappa shape index (κ1) is 15.2. The maximum atomic E-state index is 12.1. The number of aliphatic hydroxyl groups is 1. The zero-order valence-electron chi connectivity index (χ0n) is 12.3. The van der Waals surface area contributed by atoms with Gasteiger partial charge in [0.2, 0.25) is 0 Å². The third-order valence-electron chi connectivity index (χ3n) is 3.62. The zero-order chi connectivity index (χ0) is 15.6. The minimum absolute atomic E-state index is 0.128. The molecule has 1 aliphatic rings. The fourth-order valence-corrected chi connectivity index (χ4v) is 2.14. The number of carbonyl (C=O) groups excluding carboxylic acids is 1. The number of rotatable bonds is 3. The largest absolute Gasteiger partial charge is 0.458 e. The number of esters is 1. The van der Waals surface area contributed by atoms with E-state index in [-0.39, 0.29) is 24.2 Å². The molecule has 112 valence electrons. The van der Waals surface area contributed by atoms with Gasteiger partial charge in [-0.1, -0.05) is 13.0 Å². The minimum Gasteiger partial charge on any atom is -0.458 e. The van der Waals surface area contributed by atoms with Crippen LogP contribution in [0.15, 0.2) is 27.6 Å². The van der Waals surface area contributed by atoms with Crippen LogP contribution in [0.4, 0.5) is 0 Å². The van der Waals surface area contributed by atoms with E-state index in [4.69, 9.17) is 4.74 Å².